The van der Waals surface area contributed by atoms with Gasteiger partial charge in [0.2, 0.25) is 5.88 Å². The third kappa shape index (κ3) is 5.59. The monoisotopic (exact) mass is 511 g/mol. The first kappa shape index (κ1) is 24.4. The average molecular weight is 512 g/mol. The van der Waals surface area contributed by atoms with Crippen LogP contribution in [-0.2, 0) is 11.3 Å². The summed E-state index contributed by atoms with van der Waals surface area (Å²) in [7, 11) is 1.63. The van der Waals surface area contributed by atoms with Crippen LogP contribution in [0, 0.1) is 6.92 Å². The number of ether oxygens (including phenoxy) is 4. The second kappa shape index (κ2) is 11.2. The number of hydrogen-bond donors (Lipinski definition) is 2. The molecule has 1 fully saturated rings. The largest absolute Gasteiger partial charge is 0.493 e. The van der Waals surface area contributed by atoms with E-state index in [0.29, 0.717) is 52.8 Å². The van der Waals surface area contributed by atoms with Crippen molar-refractivity contribution in [1.29, 1.82) is 0 Å². The van der Waals surface area contributed by atoms with E-state index in [1.54, 1.807) is 7.11 Å². The Morgan fingerprint density at radius 1 is 1.14 bits per heavy atom. The third-order valence-electron chi connectivity index (χ3n) is 6.18. The fourth-order valence-electron chi connectivity index (χ4n) is 4.24. The maximum atomic E-state index is 6.39. The van der Waals surface area contributed by atoms with Gasteiger partial charge in [-0.25, -0.2) is 4.98 Å². The van der Waals surface area contributed by atoms with Crippen molar-refractivity contribution >= 4 is 28.8 Å². The molecule has 2 aliphatic heterocycles. The average Bonchev–Trinajstić information content (AvgIpc) is 3.08. The van der Waals surface area contributed by atoms with E-state index in [2.05, 4.69) is 25.5 Å². The molecule has 0 spiro atoms. The number of benzene rings is 2. The standard InChI is InChI=1S/C26H30ClN5O4/c1-17-4-5-19(27)20(12-17)31-25-24-26(30-16-29-25)36-21-14-22(33-2)23(13-18(21)15-28-24)35-9-3-6-32-7-10-34-11-8-32/h4-5,12-14,16,28H,3,6-11,15H2,1-2H3,(H,29,30,31). The molecule has 36 heavy (non-hydrogen) atoms. The van der Waals surface area contributed by atoms with Crippen molar-refractivity contribution in [3.8, 4) is 23.1 Å². The molecule has 1 aromatic heterocycles. The highest BCUT2D eigenvalue weighted by atomic mass is 35.5. The van der Waals surface area contributed by atoms with Crippen molar-refractivity contribution in [1.82, 2.24) is 14.9 Å². The molecule has 9 nitrogen and oxygen atoms in total. The van der Waals surface area contributed by atoms with Gasteiger partial charge in [0.1, 0.15) is 17.8 Å². The highest BCUT2D eigenvalue weighted by Crippen LogP contribution is 2.43. The van der Waals surface area contributed by atoms with Crippen molar-refractivity contribution in [3.63, 3.8) is 0 Å². The number of morpholine rings is 1. The molecule has 3 heterocycles. The summed E-state index contributed by atoms with van der Waals surface area (Å²) >= 11 is 6.39. The third-order valence-corrected chi connectivity index (χ3v) is 6.51. The first-order valence-electron chi connectivity index (χ1n) is 12.0. The van der Waals surface area contributed by atoms with Gasteiger partial charge in [-0.05, 0) is 37.1 Å². The van der Waals surface area contributed by atoms with Crippen LogP contribution < -0.4 is 24.8 Å². The van der Waals surface area contributed by atoms with E-state index >= 15 is 0 Å². The molecular weight excluding hydrogens is 482 g/mol. The van der Waals surface area contributed by atoms with E-state index in [0.717, 1.165) is 56.1 Å². The fraction of sp³-hybridized carbons (Fsp3) is 0.385. The Morgan fingerprint density at radius 3 is 2.83 bits per heavy atom. The molecule has 2 N–H and O–H groups in total. The molecule has 2 aliphatic rings. The van der Waals surface area contributed by atoms with Crippen LogP contribution in [0.4, 0.5) is 17.2 Å². The van der Waals surface area contributed by atoms with Crippen molar-refractivity contribution in [2.45, 2.75) is 19.9 Å². The van der Waals surface area contributed by atoms with Gasteiger partial charge in [-0.2, -0.15) is 4.98 Å². The summed E-state index contributed by atoms with van der Waals surface area (Å²) in [5, 5.41) is 7.32. The number of nitrogens with one attached hydrogen (secondary N) is 2. The zero-order valence-corrected chi connectivity index (χ0v) is 21.2. The number of rotatable bonds is 8. The number of methoxy groups -OCH3 is 1. The van der Waals surface area contributed by atoms with Gasteiger partial charge in [0.05, 0.1) is 37.6 Å². The molecule has 0 amide bonds. The highest BCUT2D eigenvalue weighted by molar-refractivity contribution is 6.33. The lowest BCUT2D eigenvalue weighted by Crippen LogP contribution is -2.37. The molecule has 5 rings (SSSR count). The number of aryl methyl sites for hydroxylation is 1. The predicted molar refractivity (Wildman–Crippen MR) is 139 cm³/mol. The molecule has 2 aromatic carbocycles. The first-order valence-corrected chi connectivity index (χ1v) is 12.4. The smallest absolute Gasteiger partial charge is 0.248 e. The zero-order valence-electron chi connectivity index (χ0n) is 20.5. The Morgan fingerprint density at radius 2 is 2.00 bits per heavy atom. The van der Waals surface area contributed by atoms with Gasteiger partial charge < -0.3 is 29.6 Å². The van der Waals surface area contributed by atoms with Gasteiger partial charge in [0, 0.05) is 37.8 Å². The van der Waals surface area contributed by atoms with Gasteiger partial charge >= 0.3 is 0 Å². The number of hydrogen-bond acceptors (Lipinski definition) is 9. The van der Waals surface area contributed by atoms with Gasteiger partial charge in [-0.15, -0.1) is 0 Å². The molecule has 0 saturated carbocycles. The van der Waals surface area contributed by atoms with Crippen LogP contribution in [0.15, 0.2) is 36.7 Å². The van der Waals surface area contributed by atoms with Crippen molar-refractivity contribution in [3.05, 3.63) is 52.8 Å². The minimum Gasteiger partial charge on any atom is -0.493 e. The first-order chi connectivity index (χ1) is 17.6. The molecule has 1 saturated heterocycles. The Bertz CT molecular complexity index is 1220. The number of fused-ring (bicyclic) bond motifs is 2. The number of halogens is 1. The lowest BCUT2D eigenvalue weighted by Gasteiger charge is -2.26. The van der Waals surface area contributed by atoms with E-state index in [4.69, 9.17) is 30.5 Å². The minimum absolute atomic E-state index is 0.413. The van der Waals surface area contributed by atoms with E-state index in [1.807, 2.05) is 37.3 Å². The van der Waals surface area contributed by atoms with Gasteiger partial charge in [0.25, 0.3) is 0 Å². The molecule has 0 unspecified atom stereocenters. The molecule has 0 atom stereocenters. The van der Waals surface area contributed by atoms with Crippen molar-refractivity contribution < 1.29 is 18.9 Å². The summed E-state index contributed by atoms with van der Waals surface area (Å²) < 4.78 is 23.3. The SMILES string of the molecule is COc1cc2c(cc1OCCCN1CCOCC1)CNc1c(Nc3cc(C)ccc3Cl)ncnc1O2. The summed E-state index contributed by atoms with van der Waals surface area (Å²) in [6.07, 6.45) is 2.38. The second-order valence-electron chi connectivity index (χ2n) is 8.73. The van der Waals surface area contributed by atoms with E-state index in [1.165, 1.54) is 6.33 Å². The van der Waals surface area contributed by atoms with E-state index < -0.39 is 0 Å². The molecule has 190 valence electrons. The minimum atomic E-state index is 0.413. The molecular formula is C26H30ClN5O4. The van der Waals surface area contributed by atoms with Gasteiger partial charge in [0.15, 0.2) is 17.3 Å². The second-order valence-corrected chi connectivity index (χ2v) is 9.14. The van der Waals surface area contributed by atoms with Crippen LogP contribution in [-0.4, -0.2) is 61.4 Å². The van der Waals surface area contributed by atoms with Crippen LogP contribution in [0.3, 0.4) is 0 Å². The number of nitrogens with zero attached hydrogens (tertiary/aromatic N) is 3. The highest BCUT2D eigenvalue weighted by Gasteiger charge is 2.22. The van der Waals surface area contributed by atoms with Crippen molar-refractivity contribution in [2.75, 3.05) is 57.2 Å². The van der Waals surface area contributed by atoms with Crippen LogP contribution in [0.5, 0.6) is 23.1 Å². The number of anilines is 3. The lowest BCUT2D eigenvalue weighted by molar-refractivity contribution is 0.0357. The predicted octanol–water partition coefficient (Wildman–Crippen LogP) is 5.01. The number of aromatic nitrogens is 2. The van der Waals surface area contributed by atoms with E-state index in [-0.39, 0.29) is 0 Å². The van der Waals surface area contributed by atoms with Crippen LogP contribution in [0.2, 0.25) is 5.02 Å². The Labute approximate surface area is 215 Å². The van der Waals surface area contributed by atoms with Crippen LogP contribution >= 0.6 is 11.6 Å². The summed E-state index contributed by atoms with van der Waals surface area (Å²) in [6, 6.07) is 9.59. The van der Waals surface area contributed by atoms with Crippen LogP contribution in [0.25, 0.3) is 0 Å². The lowest BCUT2D eigenvalue weighted by atomic mass is 10.1. The molecule has 0 bridgehead atoms. The van der Waals surface area contributed by atoms with Gasteiger partial charge in [-0.3, -0.25) is 4.90 Å². The Kier molecular flexibility index (Phi) is 7.60. The van der Waals surface area contributed by atoms with Crippen LogP contribution in [0.1, 0.15) is 17.5 Å². The fourth-order valence-corrected chi connectivity index (χ4v) is 4.40. The Hall–Kier alpha value is -3.27. The molecule has 3 aromatic rings. The maximum Gasteiger partial charge on any atom is 0.248 e. The molecule has 0 radical (unpaired) electrons. The summed E-state index contributed by atoms with van der Waals surface area (Å²) in [5.74, 6) is 2.94. The summed E-state index contributed by atoms with van der Waals surface area (Å²) in [6.45, 7) is 7.63. The zero-order chi connectivity index (χ0) is 24.9. The summed E-state index contributed by atoms with van der Waals surface area (Å²) in [4.78, 5) is 11.2. The maximum absolute atomic E-state index is 6.39. The molecule has 0 aliphatic carbocycles. The molecule has 10 heteroatoms. The summed E-state index contributed by atoms with van der Waals surface area (Å²) in [5.41, 5.74) is 3.42. The normalized spacial score (nSPS) is 15.1. The Balaban J connectivity index is 1.30. The van der Waals surface area contributed by atoms with Gasteiger partial charge in [-0.1, -0.05) is 17.7 Å². The van der Waals surface area contributed by atoms with Crippen molar-refractivity contribution in [2.24, 2.45) is 0 Å². The quantitative estimate of drug-likeness (QED) is 0.405. The van der Waals surface area contributed by atoms with E-state index in [9.17, 15) is 0 Å². The topological polar surface area (TPSA) is 90.0 Å².